The molecule has 1 heterocycles. The highest BCUT2D eigenvalue weighted by Crippen LogP contribution is 2.42. The van der Waals surface area contributed by atoms with E-state index < -0.39 is 39.1 Å². The van der Waals surface area contributed by atoms with Crippen LogP contribution >= 0.6 is 11.6 Å². The number of nitro benzene ring substituents is 2. The molecular weight excluding hydrogens is 584 g/mol. The molecule has 43 heavy (non-hydrogen) atoms. The number of hydrogen-bond acceptors (Lipinski definition) is 9. The molecule has 3 aromatic rings. The molecule has 0 aliphatic carbocycles. The fraction of sp³-hybridized carbons (Fsp3) is 0.138. The SMILES string of the molecule is C=CCc1cc(/C=C2\C(=O)NC(=O)N(c3cc(Cl)ccc3C)C2=O)cc(OCC)c1Oc1ccc([N+](=O)[O-])cc1[N+](=O)[O-]. The Balaban J connectivity index is 1.82. The van der Waals surface area contributed by atoms with Crippen LogP contribution in [0, 0.1) is 27.2 Å². The standard InChI is InChI=1S/C29H23ClN4O9/c1-4-6-18-11-17(12-21-27(35)31-29(37)32(28(21)36)22-14-19(30)8-7-16(22)3)13-25(42-5-2)26(18)43-24-10-9-20(33(38)39)15-23(24)34(40)41/h4,7-15H,1,5-6H2,2-3H3,(H,31,35,37)/b21-12+. The van der Waals surface area contributed by atoms with E-state index in [0.717, 1.165) is 23.1 Å². The minimum Gasteiger partial charge on any atom is -0.490 e. The Morgan fingerprint density at radius 2 is 1.77 bits per heavy atom. The van der Waals surface area contributed by atoms with Gasteiger partial charge in [-0.25, -0.2) is 9.69 Å². The summed E-state index contributed by atoms with van der Waals surface area (Å²) in [6.07, 6.45) is 2.96. The van der Waals surface area contributed by atoms with Gasteiger partial charge in [-0.3, -0.25) is 35.1 Å². The molecule has 0 spiro atoms. The summed E-state index contributed by atoms with van der Waals surface area (Å²) < 4.78 is 11.7. The van der Waals surface area contributed by atoms with Crippen LogP contribution in [0.2, 0.25) is 5.02 Å². The summed E-state index contributed by atoms with van der Waals surface area (Å²) in [4.78, 5) is 61.0. The zero-order valence-corrected chi connectivity index (χ0v) is 23.5. The predicted molar refractivity (Wildman–Crippen MR) is 157 cm³/mol. The number of rotatable bonds is 10. The van der Waals surface area contributed by atoms with Crippen LogP contribution < -0.4 is 19.7 Å². The van der Waals surface area contributed by atoms with Crippen molar-refractivity contribution in [3.05, 3.63) is 109 Å². The summed E-state index contributed by atoms with van der Waals surface area (Å²) in [6, 6.07) is 9.67. The van der Waals surface area contributed by atoms with E-state index in [1.165, 1.54) is 24.3 Å². The first-order valence-electron chi connectivity index (χ1n) is 12.6. The fourth-order valence-electron chi connectivity index (χ4n) is 4.28. The first-order chi connectivity index (χ1) is 20.4. The van der Waals surface area contributed by atoms with E-state index in [-0.39, 0.29) is 46.6 Å². The molecule has 1 fully saturated rings. The summed E-state index contributed by atoms with van der Waals surface area (Å²) in [6.45, 7) is 7.23. The summed E-state index contributed by atoms with van der Waals surface area (Å²) >= 11 is 6.09. The molecule has 14 heteroatoms. The smallest absolute Gasteiger partial charge is 0.335 e. The number of nitrogens with zero attached hydrogens (tertiary/aromatic N) is 3. The van der Waals surface area contributed by atoms with Crippen LogP contribution in [0.25, 0.3) is 6.08 Å². The van der Waals surface area contributed by atoms with Gasteiger partial charge >= 0.3 is 11.7 Å². The Morgan fingerprint density at radius 1 is 1.02 bits per heavy atom. The van der Waals surface area contributed by atoms with E-state index in [0.29, 0.717) is 16.7 Å². The molecule has 220 valence electrons. The van der Waals surface area contributed by atoms with E-state index in [1.54, 1.807) is 32.0 Å². The van der Waals surface area contributed by atoms with Gasteiger partial charge in [0.2, 0.25) is 5.75 Å². The number of imide groups is 2. The van der Waals surface area contributed by atoms with Crippen molar-refractivity contribution >= 4 is 52.6 Å². The largest absolute Gasteiger partial charge is 0.490 e. The van der Waals surface area contributed by atoms with E-state index >= 15 is 0 Å². The number of non-ortho nitro benzene ring substituents is 1. The molecule has 1 aliphatic heterocycles. The van der Waals surface area contributed by atoms with Crippen LogP contribution in [-0.2, 0) is 16.0 Å². The fourth-order valence-corrected chi connectivity index (χ4v) is 4.44. The topological polar surface area (TPSA) is 171 Å². The predicted octanol–water partition coefficient (Wildman–Crippen LogP) is 6.05. The van der Waals surface area contributed by atoms with Gasteiger partial charge in [0.25, 0.3) is 17.5 Å². The van der Waals surface area contributed by atoms with E-state index in [9.17, 15) is 34.6 Å². The Hall–Kier alpha value is -5.56. The third kappa shape index (κ3) is 6.36. The second-order valence-corrected chi connectivity index (χ2v) is 9.53. The normalized spacial score (nSPS) is 14.0. The van der Waals surface area contributed by atoms with Gasteiger partial charge in [-0.05, 0) is 67.8 Å². The number of urea groups is 1. The van der Waals surface area contributed by atoms with Gasteiger partial charge in [0, 0.05) is 16.7 Å². The lowest BCUT2D eigenvalue weighted by molar-refractivity contribution is -0.394. The van der Waals surface area contributed by atoms with Gasteiger partial charge in [0.1, 0.15) is 5.57 Å². The third-order valence-corrected chi connectivity index (χ3v) is 6.44. The maximum Gasteiger partial charge on any atom is 0.335 e. The molecule has 1 aliphatic rings. The molecule has 0 aromatic heterocycles. The average molecular weight is 607 g/mol. The number of anilines is 1. The third-order valence-electron chi connectivity index (χ3n) is 6.21. The number of ether oxygens (including phenoxy) is 2. The van der Waals surface area contributed by atoms with E-state index in [4.69, 9.17) is 21.1 Å². The van der Waals surface area contributed by atoms with Crippen molar-refractivity contribution in [3.8, 4) is 17.2 Å². The van der Waals surface area contributed by atoms with Crippen molar-refractivity contribution in [1.29, 1.82) is 0 Å². The minimum atomic E-state index is -0.937. The van der Waals surface area contributed by atoms with Gasteiger partial charge < -0.3 is 9.47 Å². The number of halogens is 1. The number of carbonyl (C=O) groups is 3. The summed E-state index contributed by atoms with van der Waals surface area (Å²) in [7, 11) is 0. The number of hydrogen-bond donors (Lipinski definition) is 1. The van der Waals surface area contributed by atoms with Gasteiger partial charge in [-0.2, -0.15) is 0 Å². The summed E-state index contributed by atoms with van der Waals surface area (Å²) in [5, 5.41) is 25.3. The molecule has 0 saturated carbocycles. The lowest BCUT2D eigenvalue weighted by Crippen LogP contribution is -2.54. The highest BCUT2D eigenvalue weighted by atomic mass is 35.5. The molecule has 0 radical (unpaired) electrons. The molecule has 4 amide bonds. The van der Waals surface area contributed by atoms with Crippen molar-refractivity contribution in [2.75, 3.05) is 11.5 Å². The van der Waals surface area contributed by atoms with Crippen molar-refractivity contribution < 1.29 is 33.7 Å². The Kier molecular flexibility index (Phi) is 8.86. The Labute approximate surface area is 249 Å². The van der Waals surface area contributed by atoms with Gasteiger partial charge in [-0.1, -0.05) is 23.7 Å². The van der Waals surface area contributed by atoms with Gasteiger partial charge in [-0.15, -0.1) is 6.58 Å². The Morgan fingerprint density at radius 3 is 2.42 bits per heavy atom. The van der Waals surface area contributed by atoms with Crippen molar-refractivity contribution in [1.82, 2.24) is 5.32 Å². The number of barbiturate groups is 1. The number of nitro groups is 2. The van der Waals surface area contributed by atoms with Crippen LogP contribution in [0.1, 0.15) is 23.6 Å². The minimum absolute atomic E-state index is 0.0617. The van der Waals surface area contributed by atoms with Crippen LogP contribution in [0.15, 0.2) is 66.8 Å². The van der Waals surface area contributed by atoms with Crippen molar-refractivity contribution in [2.24, 2.45) is 0 Å². The number of aryl methyl sites for hydroxylation is 1. The molecule has 1 saturated heterocycles. The molecular formula is C29H23ClN4O9. The zero-order chi connectivity index (χ0) is 31.4. The molecule has 0 atom stereocenters. The number of allylic oxidation sites excluding steroid dienone is 1. The quantitative estimate of drug-likeness (QED) is 0.0947. The van der Waals surface area contributed by atoms with Crippen LogP contribution in [-0.4, -0.2) is 34.3 Å². The van der Waals surface area contributed by atoms with Crippen LogP contribution in [0.4, 0.5) is 21.9 Å². The first kappa shape index (κ1) is 30.4. The molecule has 4 rings (SSSR count). The number of carbonyl (C=O) groups excluding carboxylic acids is 3. The molecule has 13 nitrogen and oxygen atoms in total. The van der Waals surface area contributed by atoms with Crippen molar-refractivity contribution in [2.45, 2.75) is 20.3 Å². The number of amides is 4. The first-order valence-corrected chi connectivity index (χ1v) is 13.0. The average Bonchev–Trinajstić information content (AvgIpc) is 2.94. The lowest BCUT2D eigenvalue weighted by Gasteiger charge is -2.27. The maximum atomic E-state index is 13.5. The maximum absolute atomic E-state index is 13.5. The molecule has 1 N–H and O–H groups in total. The second kappa shape index (κ2) is 12.5. The van der Waals surface area contributed by atoms with Crippen LogP contribution in [0.3, 0.4) is 0 Å². The van der Waals surface area contributed by atoms with Crippen molar-refractivity contribution in [3.63, 3.8) is 0 Å². The number of nitrogens with one attached hydrogen (secondary N) is 1. The molecule has 0 bridgehead atoms. The number of benzene rings is 3. The highest BCUT2D eigenvalue weighted by molar-refractivity contribution is 6.39. The van der Waals surface area contributed by atoms with Crippen LogP contribution in [0.5, 0.6) is 17.2 Å². The van der Waals surface area contributed by atoms with E-state index in [2.05, 4.69) is 11.9 Å². The molecule has 0 unspecified atom stereocenters. The lowest BCUT2D eigenvalue weighted by atomic mass is 10.0. The highest BCUT2D eigenvalue weighted by Gasteiger charge is 2.37. The second-order valence-electron chi connectivity index (χ2n) is 9.09. The van der Waals surface area contributed by atoms with Gasteiger partial charge in [0.05, 0.1) is 28.2 Å². The summed E-state index contributed by atoms with van der Waals surface area (Å²) in [5.74, 6) is -1.92. The monoisotopic (exact) mass is 606 g/mol. The Bertz CT molecular complexity index is 1740. The summed E-state index contributed by atoms with van der Waals surface area (Å²) in [5.41, 5.74) is -0.0133. The van der Waals surface area contributed by atoms with Gasteiger partial charge in [0.15, 0.2) is 11.5 Å². The zero-order valence-electron chi connectivity index (χ0n) is 22.8. The van der Waals surface area contributed by atoms with E-state index in [1.807, 2.05) is 0 Å². The molecule has 3 aromatic carbocycles.